The predicted molar refractivity (Wildman–Crippen MR) is 63.8 cm³/mol. The lowest BCUT2D eigenvalue weighted by atomic mass is 10.1. The van der Waals surface area contributed by atoms with Crippen LogP contribution in [0.1, 0.15) is 30.9 Å². The number of hydrogen-bond acceptors (Lipinski definition) is 2. The number of aliphatic hydroxyl groups excluding tert-OH is 1. The van der Waals surface area contributed by atoms with Gasteiger partial charge in [0.15, 0.2) is 0 Å². The zero-order chi connectivity index (χ0) is 11.1. The predicted octanol–water partition coefficient (Wildman–Crippen LogP) is 2.25. The fourth-order valence-electron chi connectivity index (χ4n) is 1.61. The molecule has 0 unspecified atom stereocenters. The highest BCUT2D eigenvalue weighted by Gasteiger charge is 2.00. The average molecular weight is 207 g/mol. The first-order chi connectivity index (χ1) is 7.22. The summed E-state index contributed by atoms with van der Waals surface area (Å²) < 4.78 is 0. The molecular formula is C13H21NO. The topological polar surface area (TPSA) is 32.3 Å². The van der Waals surface area contributed by atoms with Gasteiger partial charge in [0, 0.05) is 19.2 Å². The minimum Gasteiger partial charge on any atom is -0.396 e. The number of aryl methyl sites for hydroxylation is 1. The van der Waals surface area contributed by atoms with Gasteiger partial charge >= 0.3 is 0 Å². The maximum absolute atomic E-state index is 8.71. The van der Waals surface area contributed by atoms with Gasteiger partial charge in [-0.3, -0.25) is 0 Å². The van der Waals surface area contributed by atoms with E-state index in [1.165, 1.54) is 11.1 Å². The highest BCUT2D eigenvalue weighted by atomic mass is 16.2. The van der Waals surface area contributed by atoms with E-state index in [9.17, 15) is 0 Å². The lowest BCUT2D eigenvalue weighted by Gasteiger charge is -2.13. The summed E-state index contributed by atoms with van der Waals surface area (Å²) in [5.41, 5.74) is 2.63. The van der Waals surface area contributed by atoms with Gasteiger partial charge in [0.05, 0.1) is 0 Å². The van der Waals surface area contributed by atoms with Crippen LogP contribution in [0, 0.1) is 6.92 Å². The molecule has 0 radical (unpaired) electrons. The summed E-state index contributed by atoms with van der Waals surface area (Å²) >= 11 is 0. The zero-order valence-electron chi connectivity index (χ0n) is 9.66. The number of hydrogen-bond donors (Lipinski definition) is 2. The van der Waals surface area contributed by atoms with Crippen molar-refractivity contribution in [3.8, 4) is 0 Å². The third-order valence-electron chi connectivity index (χ3n) is 2.53. The third-order valence-corrected chi connectivity index (χ3v) is 2.53. The van der Waals surface area contributed by atoms with Crippen LogP contribution >= 0.6 is 0 Å². The van der Waals surface area contributed by atoms with E-state index < -0.39 is 0 Å². The van der Waals surface area contributed by atoms with Gasteiger partial charge in [0.2, 0.25) is 0 Å². The Bertz CT molecular complexity index is 286. The Kier molecular flexibility index (Phi) is 5.37. The lowest BCUT2D eigenvalue weighted by Crippen LogP contribution is -2.25. The first kappa shape index (κ1) is 12.2. The molecule has 0 aliphatic heterocycles. The van der Waals surface area contributed by atoms with Crippen molar-refractivity contribution >= 4 is 0 Å². The molecule has 0 fully saturated rings. The van der Waals surface area contributed by atoms with Crippen LogP contribution in [0.4, 0.5) is 0 Å². The van der Waals surface area contributed by atoms with E-state index in [2.05, 4.69) is 43.4 Å². The summed E-state index contributed by atoms with van der Waals surface area (Å²) in [7, 11) is 0. The molecule has 0 aliphatic carbocycles. The Morgan fingerprint density at radius 1 is 1.40 bits per heavy atom. The van der Waals surface area contributed by atoms with Crippen molar-refractivity contribution in [2.45, 2.75) is 39.3 Å². The second-order valence-corrected chi connectivity index (χ2v) is 4.14. The maximum atomic E-state index is 8.71. The number of benzene rings is 1. The molecule has 2 nitrogen and oxygen atoms in total. The summed E-state index contributed by atoms with van der Waals surface area (Å²) in [6.45, 7) is 5.47. The van der Waals surface area contributed by atoms with Crippen LogP contribution < -0.4 is 5.32 Å². The van der Waals surface area contributed by atoms with Gasteiger partial charge in [-0.2, -0.15) is 0 Å². The molecule has 0 spiro atoms. The largest absolute Gasteiger partial charge is 0.396 e. The molecule has 1 aromatic carbocycles. The first-order valence-electron chi connectivity index (χ1n) is 5.62. The second kappa shape index (κ2) is 6.59. The van der Waals surface area contributed by atoms with Gasteiger partial charge in [-0.05, 0) is 32.3 Å². The highest BCUT2D eigenvalue weighted by molar-refractivity contribution is 5.21. The standard InChI is InChI=1S/C13H21NO/c1-11-5-3-7-13(9-11)10-14-12(2)6-4-8-15/h3,5,7,9,12,14-15H,4,6,8,10H2,1-2H3/t12-/m1/s1. The SMILES string of the molecule is Cc1cccc(CN[C@H](C)CCCO)c1. The van der Waals surface area contributed by atoms with Crippen molar-refractivity contribution in [3.05, 3.63) is 35.4 Å². The molecule has 0 bridgehead atoms. The first-order valence-corrected chi connectivity index (χ1v) is 5.62. The molecule has 84 valence electrons. The molecule has 0 saturated heterocycles. The van der Waals surface area contributed by atoms with Crippen LogP contribution in [0.25, 0.3) is 0 Å². The smallest absolute Gasteiger partial charge is 0.0431 e. The summed E-state index contributed by atoms with van der Waals surface area (Å²) in [5, 5.41) is 12.2. The minimum atomic E-state index is 0.288. The van der Waals surface area contributed by atoms with Crippen LogP contribution in [-0.4, -0.2) is 17.8 Å². The van der Waals surface area contributed by atoms with Gasteiger partial charge in [0.1, 0.15) is 0 Å². The molecule has 0 saturated carbocycles. The Hall–Kier alpha value is -0.860. The number of nitrogens with one attached hydrogen (secondary N) is 1. The van der Waals surface area contributed by atoms with Gasteiger partial charge in [-0.15, -0.1) is 0 Å². The average Bonchev–Trinajstić information content (AvgIpc) is 2.23. The number of aliphatic hydroxyl groups is 1. The Morgan fingerprint density at radius 2 is 2.20 bits per heavy atom. The molecule has 0 aromatic heterocycles. The Labute approximate surface area is 92.3 Å². The quantitative estimate of drug-likeness (QED) is 0.750. The summed E-state index contributed by atoms with van der Waals surface area (Å²) in [5.74, 6) is 0. The molecule has 1 atom stereocenters. The van der Waals surface area contributed by atoms with Crippen LogP contribution in [-0.2, 0) is 6.54 Å². The van der Waals surface area contributed by atoms with Gasteiger partial charge < -0.3 is 10.4 Å². The van der Waals surface area contributed by atoms with E-state index in [1.54, 1.807) is 0 Å². The Morgan fingerprint density at radius 3 is 2.87 bits per heavy atom. The number of rotatable bonds is 6. The van der Waals surface area contributed by atoms with Crippen LogP contribution in [0.15, 0.2) is 24.3 Å². The van der Waals surface area contributed by atoms with Crippen molar-refractivity contribution < 1.29 is 5.11 Å². The van der Waals surface area contributed by atoms with E-state index in [-0.39, 0.29) is 6.61 Å². The monoisotopic (exact) mass is 207 g/mol. The van der Waals surface area contributed by atoms with Crippen molar-refractivity contribution in [3.63, 3.8) is 0 Å². The van der Waals surface area contributed by atoms with Crippen molar-refractivity contribution in [1.29, 1.82) is 0 Å². The van der Waals surface area contributed by atoms with Crippen molar-refractivity contribution in [1.82, 2.24) is 5.32 Å². The molecule has 0 aliphatic rings. The highest BCUT2D eigenvalue weighted by Crippen LogP contribution is 2.04. The summed E-state index contributed by atoms with van der Waals surface area (Å²) in [6.07, 6.45) is 1.91. The molecular weight excluding hydrogens is 186 g/mol. The van der Waals surface area contributed by atoms with Crippen molar-refractivity contribution in [2.24, 2.45) is 0 Å². The van der Waals surface area contributed by atoms with Crippen LogP contribution in [0.2, 0.25) is 0 Å². The summed E-state index contributed by atoms with van der Waals surface area (Å²) in [6, 6.07) is 9.01. The minimum absolute atomic E-state index is 0.288. The van der Waals surface area contributed by atoms with E-state index >= 15 is 0 Å². The molecule has 0 heterocycles. The molecule has 2 heteroatoms. The second-order valence-electron chi connectivity index (χ2n) is 4.14. The normalized spacial score (nSPS) is 12.7. The molecule has 15 heavy (non-hydrogen) atoms. The lowest BCUT2D eigenvalue weighted by molar-refractivity contribution is 0.276. The molecule has 1 aromatic rings. The Balaban J connectivity index is 2.30. The molecule has 2 N–H and O–H groups in total. The fourth-order valence-corrected chi connectivity index (χ4v) is 1.61. The maximum Gasteiger partial charge on any atom is 0.0431 e. The van der Waals surface area contributed by atoms with Gasteiger partial charge in [-0.25, -0.2) is 0 Å². The molecule has 0 amide bonds. The van der Waals surface area contributed by atoms with Gasteiger partial charge in [-0.1, -0.05) is 29.8 Å². The van der Waals surface area contributed by atoms with E-state index in [1.807, 2.05) is 0 Å². The van der Waals surface area contributed by atoms with E-state index in [4.69, 9.17) is 5.11 Å². The van der Waals surface area contributed by atoms with Crippen LogP contribution in [0.3, 0.4) is 0 Å². The molecule has 1 rings (SSSR count). The van der Waals surface area contributed by atoms with Crippen molar-refractivity contribution in [2.75, 3.05) is 6.61 Å². The van der Waals surface area contributed by atoms with Gasteiger partial charge in [0.25, 0.3) is 0 Å². The van der Waals surface area contributed by atoms with E-state index in [0.717, 1.165) is 19.4 Å². The summed E-state index contributed by atoms with van der Waals surface area (Å²) in [4.78, 5) is 0. The zero-order valence-corrected chi connectivity index (χ0v) is 9.66. The third kappa shape index (κ3) is 4.96. The van der Waals surface area contributed by atoms with E-state index in [0.29, 0.717) is 6.04 Å². The fraction of sp³-hybridized carbons (Fsp3) is 0.538. The van der Waals surface area contributed by atoms with Crippen LogP contribution in [0.5, 0.6) is 0 Å².